The Morgan fingerprint density at radius 2 is 2.04 bits per heavy atom. The van der Waals surface area contributed by atoms with Gasteiger partial charge in [0.25, 0.3) is 5.91 Å². The zero-order valence-electron chi connectivity index (χ0n) is 14.3. The first-order chi connectivity index (χ1) is 10.9. The number of nitrogens with zero attached hydrogens (tertiary/aromatic N) is 1. The quantitative estimate of drug-likeness (QED) is 0.781. The van der Waals surface area contributed by atoms with Crippen LogP contribution in [-0.2, 0) is 18.4 Å². The summed E-state index contributed by atoms with van der Waals surface area (Å²) in [4.78, 5) is 16.7. The number of carbonyl (C=O) groups is 1. The van der Waals surface area contributed by atoms with Crippen molar-refractivity contribution in [1.29, 1.82) is 0 Å². The number of fused-ring (bicyclic) bond motifs is 1. The van der Waals surface area contributed by atoms with Crippen LogP contribution in [0.2, 0.25) is 0 Å². The van der Waals surface area contributed by atoms with Crippen molar-refractivity contribution in [2.75, 3.05) is 11.9 Å². The van der Waals surface area contributed by atoms with Gasteiger partial charge in [0.1, 0.15) is 11.5 Å². The van der Waals surface area contributed by atoms with E-state index in [4.69, 9.17) is 0 Å². The predicted octanol–water partition coefficient (Wildman–Crippen LogP) is 4.32. The Kier molecular flexibility index (Phi) is 7.38. The van der Waals surface area contributed by atoms with Gasteiger partial charge < -0.3 is 10.6 Å². The third kappa shape index (κ3) is 4.70. The highest BCUT2D eigenvalue weighted by molar-refractivity contribution is 7.10. The Bertz CT molecular complexity index is 759. The first-order valence-corrected chi connectivity index (χ1v) is 8.52. The lowest BCUT2D eigenvalue weighted by molar-refractivity contribution is 0.102. The van der Waals surface area contributed by atoms with Crippen molar-refractivity contribution in [3.63, 3.8) is 0 Å². The average Bonchev–Trinajstić information content (AvgIpc) is 3.00. The van der Waals surface area contributed by atoms with Crippen molar-refractivity contribution < 1.29 is 9.18 Å². The van der Waals surface area contributed by atoms with E-state index in [-0.39, 0.29) is 47.6 Å². The smallest absolute Gasteiger partial charge is 0.275 e. The molecule has 3 rings (SSSR count). The minimum atomic E-state index is -0.371. The van der Waals surface area contributed by atoms with Gasteiger partial charge in [0.15, 0.2) is 0 Å². The van der Waals surface area contributed by atoms with Crippen LogP contribution in [0, 0.1) is 5.82 Å². The summed E-state index contributed by atoms with van der Waals surface area (Å²) in [6.07, 6.45) is 0.635. The molecule has 138 valence electrons. The highest BCUT2D eigenvalue weighted by atomic mass is 35.5. The maximum absolute atomic E-state index is 14.6. The molecule has 0 spiro atoms. The van der Waals surface area contributed by atoms with E-state index < -0.39 is 0 Å². The largest absolute Gasteiger partial charge is 0.318 e. The van der Waals surface area contributed by atoms with Crippen molar-refractivity contribution >= 4 is 47.7 Å². The Morgan fingerprint density at radius 1 is 1.32 bits per heavy atom. The number of rotatable bonds is 2. The zero-order chi connectivity index (χ0) is 16.6. The molecule has 8 heteroatoms. The molecule has 1 aromatic carbocycles. The van der Waals surface area contributed by atoms with Gasteiger partial charge in [-0.2, -0.15) is 0 Å². The van der Waals surface area contributed by atoms with Crippen molar-refractivity contribution in [1.82, 2.24) is 10.3 Å². The Balaban J connectivity index is 0.00000156. The number of hydrogen-bond donors (Lipinski definition) is 2. The zero-order valence-corrected chi connectivity index (χ0v) is 16.8. The summed E-state index contributed by atoms with van der Waals surface area (Å²) < 4.78 is 14.6. The van der Waals surface area contributed by atoms with Crippen LogP contribution in [0.5, 0.6) is 0 Å². The number of carbonyl (C=O) groups excluding carboxylic acids is 1. The SMILES string of the molecule is CC(C)(C)c1nc(C(=O)Nc2ccc3c(c2F)CCNC3)cs1.Cl.Cl. The summed E-state index contributed by atoms with van der Waals surface area (Å²) in [7, 11) is 0. The molecule has 25 heavy (non-hydrogen) atoms. The van der Waals surface area contributed by atoms with E-state index in [0.717, 1.165) is 17.1 Å². The summed E-state index contributed by atoms with van der Waals surface area (Å²) in [5.74, 6) is -0.701. The van der Waals surface area contributed by atoms with Gasteiger partial charge in [-0.25, -0.2) is 9.37 Å². The Morgan fingerprint density at radius 3 is 2.68 bits per heavy atom. The molecule has 0 fully saturated rings. The predicted molar refractivity (Wildman–Crippen MR) is 105 cm³/mol. The molecular formula is C17H22Cl2FN3OS. The van der Waals surface area contributed by atoms with Crippen LogP contribution in [0.25, 0.3) is 0 Å². The number of thiazole rings is 1. The summed E-state index contributed by atoms with van der Waals surface area (Å²) in [5.41, 5.74) is 2.10. The van der Waals surface area contributed by atoms with Gasteiger partial charge in [-0.15, -0.1) is 36.2 Å². The number of aromatic nitrogens is 1. The van der Waals surface area contributed by atoms with E-state index >= 15 is 0 Å². The molecule has 2 N–H and O–H groups in total. The highest BCUT2D eigenvalue weighted by Crippen LogP contribution is 2.27. The third-order valence-electron chi connectivity index (χ3n) is 3.83. The molecule has 2 heterocycles. The van der Waals surface area contributed by atoms with Gasteiger partial charge in [0.05, 0.1) is 10.7 Å². The van der Waals surface area contributed by atoms with Crippen LogP contribution in [0.3, 0.4) is 0 Å². The van der Waals surface area contributed by atoms with Crippen molar-refractivity contribution in [3.05, 3.63) is 45.2 Å². The first kappa shape index (κ1) is 21.8. The second-order valence-corrected chi connectivity index (χ2v) is 7.59. The average molecular weight is 406 g/mol. The number of anilines is 1. The molecule has 2 aromatic rings. The lowest BCUT2D eigenvalue weighted by atomic mass is 9.98. The minimum Gasteiger partial charge on any atom is -0.318 e. The molecule has 0 radical (unpaired) electrons. The molecule has 1 amide bonds. The second-order valence-electron chi connectivity index (χ2n) is 6.73. The van der Waals surface area contributed by atoms with E-state index in [2.05, 4.69) is 15.6 Å². The summed E-state index contributed by atoms with van der Waals surface area (Å²) >= 11 is 1.45. The highest BCUT2D eigenvalue weighted by Gasteiger charge is 2.22. The molecule has 4 nitrogen and oxygen atoms in total. The number of hydrogen-bond acceptors (Lipinski definition) is 4. The van der Waals surface area contributed by atoms with Crippen LogP contribution < -0.4 is 10.6 Å². The van der Waals surface area contributed by atoms with Gasteiger partial charge in [0, 0.05) is 17.3 Å². The fourth-order valence-corrected chi connectivity index (χ4v) is 3.43. The Hall–Kier alpha value is -1.21. The molecule has 0 atom stereocenters. The van der Waals surface area contributed by atoms with E-state index in [0.29, 0.717) is 24.2 Å². The van der Waals surface area contributed by atoms with Crippen LogP contribution in [0.15, 0.2) is 17.5 Å². The van der Waals surface area contributed by atoms with Crippen molar-refractivity contribution in [2.45, 2.75) is 39.2 Å². The molecule has 1 aromatic heterocycles. The maximum atomic E-state index is 14.6. The van der Waals surface area contributed by atoms with Crippen LogP contribution in [-0.4, -0.2) is 17.4 Å². The van der Waals surface area contributed by atoms with Gasteiger partial charge in [-0.3, -0.25) is 4.79 Å². The maximum Gasteiger partial charge on any atom is 0.275 e. The summed E-state index contributed by atoms with van der Waals surface area (Å²) in [6, 6.07) is 3.48. The minimum absolute atomic E-state index is 0. The van der Waals surface area contributed by atoms with Gasteiger partial charge >= 0.3 is 0 Å². The van der Waals surface area contributed by atoms with Crippen molar-refractivity contribution in [2.24, 2.45) is 0 Å². The first-order valence-electron chi connectivity index (χ1n) is 7.64. The number of benzene rings is 1. The van der Waals surface area contributed by atoms with E-state index in [9.17, 15) is 9.18 Å². The number of halogens is 3. The van der Waals surface area contributed by atoms with E-state index in [1.54, 1.807) is 11.4 Å². The fourth-order valence-electron chi connectivity index (χ4n) is 2.54. The molecule has 1 aliphatic rings. The van der Waals surface area contributed by atoms with Crippen LogP contribution >= 0.6 is 36.2 Å². The van der Waals surface area contributed by atoms with Crippen molar-refractivity contribution in [3.8, 4) is 0 Å². The molecule has 0 unspecified atom stereocenters. The lowest BCUT2D eigenvalue weighted by Gasteiger charge is -2.19. The molecule has 0 bridgehead atoms. The van der Waals surface area contributed by atoms with Crippen LogP contribution in [0.1, 0.15) is 47.4 Å². The summed E-state index contributed by atoms with van der Waals surface area (Å²) in [6.45, 7) is 7.56. The summed E-state index contributed by atoms with van der Waals surface area (Å²) in [5, 5.41) is 8.47. The standard InChI is InChI=1S/C17H20FN3OS.2ClH/c1-17(2,3)16-21-13(9-23-16)15(22)20-12-5-4-10-8-19-7-6-11(10)14(12)18;;/h4-5,9,19H,6-8H2,1-3H3,(H,20,22);2*1H. The molecule has 0 aliphatic carbocycles. The Labute approximate surface area is 163 Å². The number of nitrogens with one attached hydrogen (secondary N) is 2. The lowest BCUT2D eigenvalue weighted by Crippen LogP contribution is -2.25. The van der Waals surface area contributed by atoms with E-state index in [1.807, 2.05) is 26.8 Å². The molecule has 1 aliphatic heterocycles. The monoisotopic (exact) mass is 405 g/mol. The van der Waals surface area contributed by atoms with E-state index in [1.165, 1.54) is 11.3 Å². The molecule has 0 saturated carbocycles. The van der Waals surface area contributed by atoms with Gasteiger partial charge in [-0.05, 0) is 30.2 Å². The molecular weight excluding hydrogens is 384 g/mol. The van der Waals surface area contributed by atoms with Gasteiger partial charge in [0.2, 0.25) is 0 Å². The second kappa shape index (κ2) is 8.45. The topological polar surface area (TPSA) is 54.0 Å². The van der Waals surface area contributed by atoms with Gasteiger partial charge in [-0.1, -0.05) is 26.8 Å². The normalized spacial score (nSPS) is 13.3. The third-order valence-corrected chi connectivity index (χ3v) is 5.10. The molecule has 0 saturated heterocycles. The number of amides is 1. The van der Waals surface area contributed by atoms with Crippen LogP contribution in [0.4, 0.5) is 10.1 Å². The fraction of sp³-hybridized carbons (Fsp3) is 0.412.